The summed E-state index contributed by atoms with van der Waals surface area (Å²) in [6.07, 6.45) is 0. The molecule has 150 valence electrons. The minimum Gasteiger partial charge on any atom is -0.486 e. The lowest BCUT2D eigenvalue weighted by molar-refractivity contribution is -0.113. The first-order valence-corrected chi connectivity index (χ1v) is 10.5. The molecule has 1 aliphatic heterocycles. The van der Waals surface area contributed by atoms with Crippen LogP contribution in [0.4, 0.5) is 13.9 Å². The van der Waals surface area contributed by atoms with Crippen LogP contribution in [0, 0.1) is 18.6 Å². The van der Waals surface area contributed by atoms with E-state index < -0.39 is 11.6 Å². The number of benzene rings is 2. The number of nitrogens with one attached hydrogen (secondary N) is 1. The van der Waals surface area contributed by atoms with Crippen LogP contribution < -0.4 is 14.8 Å². The number of thiazole rings is 1. The van der Waals surface area contributed by atoms with Gasteiger partial charge in [0.25, 0.3) is 0 Å². The smallest absolute Gasteiger partial charge is 0.236 e. The lowest BCUT2D eigenvalue weighted by Crippen LogP contribution is -2.15. The maximum Gasteiger partial charge on any atom is 0.236 e. The Morgan fingerprint density at radius 3 is 2.72 bits per heavy atom. The zero-order valence-electron chi connectivity index (χ0n) is 15.3. The van der Waals surface area contributed by atoms with Crippen molar-refractivity contribution in [2.75, 3.05) is 24.3 Å². The van der Waals surface area contributed by atoms with Crippen LogP contribution >= 0.6 is 23.1 Å². The Kier molecular flexibility index (Phi) is 5.68. The molecule has 0 saturated heterocycles. The van der Waals surface area contributed by atoms with Crippen LogP contribution in [0.15, 0.2) is 41.3 Å². The summed E-state index contributed by atoms with van der Waals surface area (Å²) in [6, 6.07) is 9.17. The minimum atomic E-state index is -0.934. The Morgan fingerprint density at radius 2 is 1.93 bits per heavy atom. The number of nitrogens with zero attached hydrogens (tertiary/aromatic N) is 1. The molecule has 0 bridgehead atoms. The first-order chi connectivity index (χ1) is 14.0. The van der Waals surface area contributed by atoms with Crippen LogP contribution in [0.25, 0.3) is 11.3 Å². The molecule has 1 aliphatic rings. The molecule has 0 saturated carbocycles. The van der Waals surface area contributed by atoms with E-state index in [0.29, 0.717) is 41.1 Å². The Labute approximate surface area is 174 Å². The van der Waals surface area contributed by atoms with Gasteiger partial charge in [-0.25, -0.2) is 13.8 Å². The summed E-state index contributed by atoms with van der Waals surface area (Å²) in [5, 5.41) is 3.17. The van der Waals surface area contributed by atoms with Crippen molar-refractivity contribution in [3.05, 3.63) is 52.9 Å². The van der Waals surface area contributed by atoms with E-state index in [4.69, 9.17) is 9.47 Å². The average Bonchev–Trinajstić information content (AvgIpc) is 3.08. The van der Waals surface area contributed by atoms with Gasteiger partial charge in [-0.05, 0) is 43.3 Å². The molecule has 0 aliphatic carbocycles. The molecule has 0 atom stereocenters. The number of amides is 1. The number of rotatable bonds is 5. The Balaban J connectivity index is 1.39. The van der Waals surface area contributed by atoms with E-state index in [1.807, 2.05) is 25.1 Å². The van der Waals surface area contributed by atoms with Crippen molar-refractivity contribution < 1.29 is 23.0 Å². The number of aromatic nitrogens is 1. The molecule has 3 aromatic rings. The van der Waals surface area contributed by atoms with Crippen LogP contribution in [0.3, 0.4) is 0 Å². The molecule has 9 heteroatoms. The number of carbonyl (C=O) groups excluding carboxylic acids is 1. The van der Waals surface area contributed by atoms with E-state index in [2.05, 4.69) is 10.3 Å². The van der Waals surface area contributed by atoms with Crippen LogP contribution in [-0.2, 0) is 4.79 Å². The fraction of sp³-hybridized carbons (Fsp3) is 0.200. The van der Waals surface area contributed by atoms with Gasteiger partial charge in [-0.15, -0.1) is 23.1 Å². The van der Waals surface area contributed by atoms with Gasteiger partial charge in [0.2, 0.25) is 5.91 Å². The summed E-state index contributed by atoms with van der Waals surface area (Å²) in [4.78, 5) is 18.3. The Bertz CT molecular complexity index is 1070. The van der Waals surface area contributed by atoms with Crippen LogP contribution in [0.2, 0.25) is 0 Å². The topological polar surface area (TPSA) is 60.5 Å². The van der Waals surface area contributed by atoms with E-state index in [-0.39, 0.29) is 11.7 Å². The molecule has 1 aromatic heterocycles. The summed E-state index contributed by atoms with van der Waals surface area (Å²) < 4.78 is 37.7. The highest BCUT2D eigenvalue weighted by atomic mass is 32.2. The zero-order valence-corrected chi connectivity index (χ0v) is 17.0. The maximum absolute atomic E-state index is 13.5. The molecule has 1 N–H and O–H groups in total. The summed E-state index contributed by atoms with van der Waals surface area (Å²) in [6.45, 7) is 2.85. The first-order valence-electron chi connectivity index (χ1n) is 8.75. The van der Waals surface area contributed by atoms with Crippen LogP contribution in [0.5, 0.6) is 11.5 Å². The number of aryl methyl sites for hydroxylation is 1. The van der Waals surface area contributed by atoms with Gasteiger partial charge < -0.3 is 14.8 Å². The number of halogens is 2. The number of anilines is 1. The number of ether oxygens (including phenoxy) is 2. The lowest BCUT2D eigenvalue weighted by Gasteiger charge is -2.18. The molecule has 2 aromatic carbocycles. The SMILES string of the molecule is Cc1sc(NC(=O)CSc2ccc3c(c2)OCCO3)nc1-c1ccc(F)c(F)c1. The quantitative estimate of drug-likeness (QED) is 0.579. The van der Waals surface area contributed by atoms with Gasteiger partial charge in [0.05, 0.1) is 11.4 Å². The number of fused-ring (bicyclic) bond motifs is 1. The predicted molar refractivity (Wildman–Crippen MR) is 109 cm³/mol. The fourth-order valence-electron chi connectivity index (χ4n) is 2.78. The van der Waals surface area contributed by atoms with Crippen molar-refractivity contribution in [1.29, 1.82) is 0 Å². The third-order valence-electron chi connectivity index (χ3n) is 4.12. The van der Waals surface area contributed by atoms with Crippen molar-refractivity contribution in [2.45, 2.75) is 11.8 Å². The highest BCUT2D eigenvalue weighted by Gasteiger charge is 2.15. The second-order valence-electron chi connectivity index (χ2n) is 6.20. The van der Waals surface area contributed by atoms with Gasteiger partial charge in [-0.2, -0.15) is 0 Å². The standard InChI is InChI=1S/C20H16F2N2O3S2/c1-11-19(12-2-4-14(21)15(22)8-12)24-20(29-11)23-18(25)10-28-13-3-5-16-17(9-13)27-7-6-26-16/h2-5,8-9H,6-7,10H2,1H3,(H,23,24,25). The first kappa shape index (κ1) is 19.7. The molecule has 4 rings (SSSR count). The van der Waals surface area contributed by atoms with Gasteiger partial charge in [0, 0.05) is 15.3 Å². The number of hydrogen-bond acceptors (Lipinski definition) is 6. The lowest BCUT2D eigenvalue weighted by atomic mass is 10.1. The van der Waals surface area contributed by atoms with E-state index >= 15 is 0 Å². The monoisotopic (exact) mass is 434 g/mol. The van der Waals surface area contributed by atoms with Crippen molar-refractivity contribution in [3.63, 3.8) is 0 Å². The second-order valence-corrected chi connectivity index (χ2v) is 8.45. The fourth-order valence-corrected chi connectivity index (χ4v) is 4.36. The molecular weight excluding hydrogens is 418 g/mol. The highest BCUT2D eigenvalue weighted by Crippen LogP contribution is 2.34. The normalized spacial score (nSPS) is 12.7. The van der Waals surface area contributed by atoms with E-state index in [1.165, 1.54) is 29.2 Å². The van der Waals surface area contributed by atoms with Crippen LogP contribution in [0.1, 0.15) is 4.88 Å². The van der Waals surface area contributed by atoms with Gasteiger partial charge in [0.1, 0.15) is 13.2 Å². The van der Waals surface area contributed by atoms with Gasteiger partial charge >= 0.3 is 0 Å². The van der Waals surface area contributed by atoms with Gasteiger partial charge in [0.15, 0.2) is 28.3 Å². The molecular formula is C20H16F2N2O3S2. The molecule has 1 amide bonds. The molecule has 0 spiro atoms. The summed E-state index contributed by atoms with van der Waals surface area (Å²) in [5.74, 6) is -0.488. The van der Waals surface area contributed by atoms with Gasteiger partial charge in [-0.1, -0.05) is 0 Å². The molecule has 0 unspecified atom stereocenters. The van der Waals surface area contributed by atoms with Crippen molar-refractivity contribution in [3.8, 4) is 22.8 Å². The minimum absolute atomic E-state index is 0.193. The van der Waals surface area contributed by atoms with Crippen molar-refractivity contribution in [1.82, 2.24) is 4.98 Å². The molecule has 0 radical (unpaired) electrons. The summed E-state index contributed by atoms with van der Waals surface area (Å²) in [7, 11) is 0. The van der Waals surface area contributed by atoms with E-state index in [1.54, 1.807) is 0 Å². The molecule has 29 heavy (non-hydrogen) atoms. The maximum atomic E-state index is 13.5. The second kappa shape index (κ2) is 8.38. The van der Waals surface area contributed by atoms with Gasteiger partial charge in [-0.3, -0.25) is 4.79 Å². The summed E-state index contributed by atoms with van der Waals surface area (Å²) in [5.41, 5.74) is 0.979. The molecule has 0 fully saturated rings. The predicted octanol–water partition coefficient (Wildman–Crippen LogP) is 4.90. The third kappa shape index (κ3) is 4.51. The van der Waals surface area contributed by atoms with E-state index in [0.717, 1.165) is 21.9 Å². The highest BCUT2D eigenvalue weighted by molar-refractivity contribution is 8.00. The summed E-state index contributed by atoms with van der Waals surface area (Å²) >= 11 is 2.65. The number of thioether (sulfide) groups is 1. The molecule has 5 nitrogen and oxygen atoms in total. The van der Waals surface area contributed by atoms with Crippen molar-refractivity contribution in [2.24, 2.45) is 0 Å². The largest absolute Gasteiger partial charge is 0.486 e. The van der Waals surface area contributed by atoms with E-state index in [9.17, 15) is 13.6 Å². The molecule has 2 heterocycles. The average molecular weight is 434 g/mol. The third-order valence-corrected chi connectivity index (χ3v) is 6.00. The number of hydrogen-bond donors (Lipinski definition) is 1. The van der Waals surface area contributed by atoms with Crippen LogP contribution in [-0.4, -0.2) is 29.9 Å². The Hall–Kier alpha value is -2.65. The number of carbonyl (C=O) groups is 1. The van der Waals surface area contributed by atoms with Crippen molar-refractivity contribution >= 4 is 34.1 Å². The Morgan fingerprint density at radius 1 is 1.14 bits per heavy atom. The zero-order chi connectivity index (χ0) is 20.4.